The van der Waals surface area contributed by atoms with Crippen LogP contribution in [0.2, 0.25) is 0 Å². The number of hydrogen-bond acceptors (Lipinski definition) is 15. The van der Waals surface area contributed by atoms with Crippen molar-refractivity contribution in [2.45, 2.75) is 380 Å². The molecule has 0 fully saturated rings. The molecule has 0 aromatic rings. The highest BCUT2D eigenvalue weighted by Gasteiger charge is 2.30. The quantitative estimate of drug-likeness (QED) is 0.0169. The summed E-state index contributed by atoms with van der Waals surface area (Å²) >= 11 is 0. The van der Waals surface area contributed by atoms with Crippen LogP contribution in [0.15, 0.2) is 60.8 Å². The lowest BCUT2D eigenvalue weighted by Crippen LogP contribution is -2.30. The summed E-state index contributed by atoms with van der Waals surface area (Å²) in [5.74, 6) is -2.16. The molecule has 0 aromatic heterocycles. The SMILES string of the molecule is CC/C=C\C/C=C\C/C=C\CCCCCCCCCC(=O)OCC(COP(=O)(O)OCC(O)COP(=O)(O)OCC(COC(=O)CCCCCCC/C=C\C/C=C\CCC)OC(=O)CCCCCCCCCCCCCCC)OC(=O)CCCCCCCCCCCCCCCCC. The molecule has 0 heterocycles. The summed E-state index contributed by atoms with van der Waals surface area (Å²) in [5, 5.41) is 10.6. The number of aliphatic hydroxyl groups is 1. The van der Waals surface area contributed by atoms with Gasteiger partial charge in [0.05, 0.1) is 26.4 Å². The van der Waals surface area contributed by atoms with Gasteiger partial charge >= 0.3 is 39.5 Å². The summed E-state index contributed by atoms with van der Waals surface area (Å²) in [7, 11) is -9.94. The van der Waals surface area contributed by atoms with E-state index < -0.39 is 97.5 Å². The van der Waals surface area contributed by atoms with Crippen LogP contribution in [0.3, 0.4) is 0 Å². The number of carbonyl (C=O) groups excluding carboxylic acids is 4. The third-order valence-electron chi connectivity index (χ3n) is 17.0. The summed E-state index contributed by atoms with van der Waals surface area (Å²) < 4.78 is 68.6. The second-order valence-corrected chi connectivity index (χ2v) is 29.5. The molecule has 0 bridgehead atoms. The van der Waals surface area contributed by atoms with Crippen molar-refractivity contribution >= 4 is 39.5 Å². The van der Waals surface area contributed by atoms with E-state index in [1.165, 1.54) is 116 Å². The number of phosphoric acid groups is 2. The van der Waals surface area contributed by atoms with Gasteiger partial charge < -0.3 is 33.8 Å². The van der Waals surface area contributed by atoms with Gasteiger partial charge in [-0.15, -0.1) is 0 Å². The van der Waals surface area contributed by atoms with E-state index in [0.717, 1.165) is 167 Å². The molecule has 0 aliphatic heterocycles. The summed E-state index contributed by atoms with van der Waals surface area (Å²) in [6, 6.07) is 0. The molecule has 17 nitrogen and oxygen atoms in total. The largest absolute Gasteiger partial charge is 0.472 e. The van der Waals surface area contributed by atoms with Crippen LogP contribution in [0.5, 0.6) is 0 Å². The summed E-state index contributed by atoms with van der Waals surface area (Å²) in [4.78, 5) is 72.9. The lowest BCUT2D eigenvalue weighted by molar-refractivity contribution is -0.161. The fourth-order valence-corrected chi connectivity index (χ4v) is 12.6. The van der Waals surface area contributed by atoms with Crippen molar-refractivity contribution < 1.29 is 80.2 Å². The van der Waals surface area contributed by atoms with Gasteiger partial charge in [-0.2, -0.15) is 0 Å². The van der Waals surface area contributed by atoms with E-state index in [4.69, 9.17) is 37.0 Å². The fraction of sp³-hybridized carbons (Fsp3) is 0.823. The summed E-state index contributed by atoms with van der Waals surface area (Å²) in [6.07, 6.45) is 70.5. The van der Waals surface area contributed by atoms with Crippen LogP contribution in [-0.2, 0) is 65.4 Å². The number of esters is 4. The lowest BCUT2D eigenvalue weighted by atomic mass is 10.0. The Bertz CT molecular complexity index is 2100. The van der Waals surface area contributed by atoms with Crippen LogP contribution < -0.4 is 0 Å². The zero-order chi connectivity index (χ0) is 71.8. The number of hydrogen-bond donors (Lipinski definition) is 3. The van der Waals surface area contributed by atoms with Crippen LogP contribution >= 0.6 is 15.6 Å². The van der Waals surface area contributed by atoms with Crippen LogP contribution in [0, 0.1) is 0 Å². The minimum Gasteiger partial charge on any atom is -0.462 e. The molecule has 572 valence electrons. The number of unbranched alkanes of at least 4 members (excludes halogenated alkanes) is 39. The molecule has 19 heteroatoms. The second kappa shape index (κ2) is 72.1. The average Bonchev–Trinajstić information content (AvgIpc) is 1.05. The Hall–Kier alpha value is -3.24. The molecule has 0 spiro atoms. The molecule has 5 unspecified atom stereocenters. The highest BCUT2D eigenvalue weighted by atomic mass is 31.2. The van der Waals surface area contributed by atoms with Crippen molar-refractivity contribution in [2.24, 2.45) is 0 Å². The van der Waals surface area contributed by atoms with Crippen molar-refractivity contribution in [1.82, 2.24) is 0 Å². The first kappa shape index (κ1) is 94.8. The van der Waals surface area contributed by atoms with Gasteiger partial charge in [0.1, 0.15) is 19.3 Å². The minimum absolute atomic E-state index is 0.0987. The van der Waals surface area contributed by atoms with Crippen molar-refractivity contribution in [3.05, 3.63) is 60.8 Å². The van der Waals surface area contributed by atoms with E-state index in [-0.39, 0.29) is 25.7 Å². The van der Waals surface area contributed by atoms with Gasteiger partial charge in [0.15, 0.2) is 12.2 Å². The standard InChI is InChI=1S/C79H144O17P2/c1-5-9-13-17-21-25-29-33-35-36-38-41-44-48-52-56-60-64-77(82)90-70-75(96-79(84)66-62-58-54-50-46-42-37-34-30-26-22-18-14-10-6-2)72-94-98(87,88)92-68-73(80)67-91-97(85,86)93-71-74(95-78(83)65-61-57-53-49-45-40-32-28-24-20-16-12-8-4)69-89-76(81)63-59-55-51-47-43-39-31-27-23-19-15-11-7-3/h9,13,15,19,21,25,27,31,33,35,73-75,80H,5-8,10-12,14,16-18,20,22-24,26,28-30,32,34,36-72H2,1-4H3,(H,85,86)(H,87,88)/b13-9-,19-15-,25-21-,31-27-,35-33-. The zero-order valence-corrected chi connectivity index (χ0v) is 64.3. The molecular formula is C79H144O17P2. The minimum atomic E-state index is -4.97. The molecule has 5 atom stereocenters. The highest BCUT2D eigenvalue weighted by Crippen LogP contribution is 2.45. The molecular weight excluding hydrogens is 1280 g/mol. The third kappa shape index (κ3) is 71.2. The van der Waals surface area contributed by atoms with E-state index in [1.54, 1.807) is 0 Å². The predicted molar refractivity (Wildman–Crippen MR) is 400 cm³/mol. The first-order valence-corrected chi connectivity index (χ1v) is 42.5. The molecule has 0 aliphatic rings. The Morgan fingerprint density at radius 3 is 0.857 bits per heavy atom. The van der Waals surface area contributed by atoms with Crippen LogP contribution in [0.25, 0.3) is 0 Å². The molecule has 0 aliphatic carbocycles. The third-order valence-corrected chi connectivity index (χ3v) is 18.9. The normalized spacial score (nSPS) is 14.2. The van der Waals surface area contributed by atoms with Crippen molar-refractivity contribution in [1.29, 1.82) is 0 Å². The van der Waals surface area contributed by atoms with E-state index >= 15 is 0 Å². The zero-order valence-electron chi connectivity index (χ0n) is 62.5. The molecule has 0 aromatic carbocycles. The van der Waals surface area contributed by atoms with Gasteiger partial charge in [0.25, 0.3) is 0 Å². The second-order valence-electron chi connectivity index (χ2n) is 26.6. The highest BCUT2D eigenvalue weighted by molar-refractivity contribution is 7.47. The molecule has 3 N–H and O–H groups in total. The summed E-state index contributed by atoms with van der Waals surface area (Å²) in [5.41, 5.74) is 0. The molecule has 0 radical (unpaired) electrons. The number of carbonyl (C=O) groups is 4. The van der Waals surface area contributed by atoms with Gasteiger partial charge in [0, 0.05) is 25.7 Å². The monoisotopic (exact) mass is 1430 g/mol. The number of phosphoric ester groups is 2. The van der Waals surface area contributed by atoms with Gasteiger partial charge in [0.2, 0.25) is 0 Å². The Labute approximate surface area is 597 Å². The number of ether oxygens (including phenoxy) is 4. The van der Waals surface area contributed by atoms with E-state index in [0.29, 0.717) is 25.7 Å². The first-order valence-electron chi connectivity index (χ1n) is 39.5. The van der Waals surface area contributed by atoms with E-state index in [1.807, 2.05) is 0 Å². The van der Waals surface area contributed by atoms with Crippen molar-refractivity contribution in [3.63, 3.8) is 0 Å². The predicted octanol–water partition coefficient (Wildman–Crippen LogP) is 22.7. The van der Waals surface area contributed by atoms with Gasteiger partial charge in [-0.25, -0.2) is 9.13 Å². The van der Waals surface area contributed by atoms with Gasteiger partial charge in [-0.05, 0) is 83.5 Å². The van der Waals surface area contributed by atoms with Crippen molar-refractivity contribution in [3.8, 4) is 0 Å². The van der Waals surface area contributed by atoms with Crippen LogP contribution in [0.1, 0.15) is 362 Å². The molecule has 0 rings (SSSR count). The maximum atomic E-state index is 13.1. The number of allylic oxidation sites excluding steroid dienone is 10. The topological polar surface area (TPSA) is 237 Å². The molecule has 0 amide bonds. The Morgan fingerprint density at radius 2 is 0.551 bits per heavy atom. The number of rotatable bonds is 75. The Kier molecular flexibility index (Phi) is 69.7. The maximum absolute atomic E-state index is 13.1. The summed E-state index contributed by atoms with van der Waals surface area (Å²) in [6.45, 7) is 4.75. The molecule has 0 saturated heterocycles. The smallest absolute Gasteiger partial charge is 0.462 e. The van der Waals surface area contributed by atoms with Gasteiger partial charge in [-0.3, -0.25) is 37.3 Å². The Morgan fingerprint density at radius 1 is 0.296 bits per heavy atom. The van der Waals surface area contributed by atoms with Gasteiger partial charge in [-0.1, -0.05) is 313 Å². The van der Waals surface area contributed by atoms with E-state index in [2.05, 4.69) is 88.5 Å². The fourth-order valence-electron chi connectivity index (χ4n) is 11.0. The lowest BCUT2D eigenvalue weighted by Gasteiger charge is -2.21. The average molecular weight is 1430 g/mol. The maximum Gasteiger partial charge on any atom is 0.472 e. The molecule has 0 saturated carbocycles. The van der Waals surface area contributed by atoms with Crippen molar-refractivity contribution in [2.75, 3.05) is 39.6 Å². The van der Waals surface area contributed by atoms with Crippen LogP contribution in [0.4, 0.5) is 0 Å². The van der Waals surface area contributed by atoms with E-state index in [9.17, 15) is 43.2 Å². The first-order chi connectivity index (χ1) is 47.7. The number of aliphatic hydroxyl groups excluding tert-OH is 1. The Balaban J connectivity index is 5.31. The van der Waals surface area contributed by atoms with Crippen LogP contribution in [-0.4, -0.2) is 96.7 Å². The molecule has 98 heavy (non-hydrogen) atoms.